The van der Waals surface area contributed by atoms with E-state index in [-0.39, 0.29) is 12.2 Å². The molecule has 0 spiro atoms. The molecule has 0 heterocycles. The molecule has 0 bridgehead atoms. The maximum absolute atomic E-state index is 10.1. The SMILES string of the molecule is COCC(C)OC1Cc2ccccc2C1O. The minimum Gasteiger partial charge on any atom is -0.386 e. The normalized spacial score (nSPS) is 25.4. The number of hydrogen-bond acceptors (Lipinski definition) is 3. The third-order valence-electron chi connectivity index (χ3n) is 2.96. The molecule has 16 heavy (non-hydrogen) atoms. The van der Waals surface area contributed by atoms with E-state index in [1.54, 1.807) is 7.11 Å². The Balaban J connectivity index is 2.01. The van der Waals surface area contributed by atoms with E-state index in [0.29, 0.717) is 6.61 Å². The van der Waals surface area contributed by atoms with Crippen LogP contribution in [0.4, 0.5) is 0 Å². The zero-order chi connectivity index (χ0) is 11.5. The van der Waals surface area contributed by atoms with E-state index in [1.165, 1.54) is 5.56 Å². The number of fused-ring (bicyclic) bond motifs is 1. The summed E-state index contributed by atoms with van der Waals surface area (Å²) >= 11 is 0. The Kier molecular flexibility index (Phi) is 3.59. The number of benzene rings is 1. The Morgan fingerprint density at radius 1 is 1.44 bits per heavy atom. The van der Waals surface area contributed by atoms with Gasteiger partial charge in [0.05, 0.1) is 18.8 Å². The fraction of sp³-hybridized carbons (Fsp3) is 0.538. The highest BCUT2D eigenvalue weighted by Crippen LogP contribution is 2.33. The molecule has 3 heteroatoms. The standard InChI is InChI=1S/C13H18O3/c1-9(8-15-2)16-12-7-10-5-3-4-6-11(10)13(12)14/h3-6,9,12-14H,7-8H2,1-2H3. The van der Waals surface area contributed by atoms with Gasteiger partial charge in [0.2, 0.25) is 0 Å². The molecule has 3 unspecified atom stereocenters. The van der Waals surface area contributed by atoms with Crippen molar-refractivity contribution in [1.82, 2.24) is 0 Å². The lowest BCUT2D eigenvalue weighted by Crippen LogP contribution is -2.26. The van der Waals surface area contributed by atoms with Crippen LogP contribution in [0.1, 0.15) is 24.2 Å². The molecule has 1 aliphatic carbocycles. The van der Waals surface area contributed by atoms with Crippen LogP contribution in [0.15, 0.2) is 24.3 Å². The zero-order valence-corrected chi connectivity index (χ0v) is 9.72. The predicted molar refractivity (Wildman–Crippen MR) is 61.3 cm³/mol. The molecule has 0 radical (unpaired) electrons. The second kappa shape index (κ2) is 4.95. The van der Waals surface area contributed by atoms with Gasteiger partial charge in [-0.3, -0.25) is 0 Å². The lowest BCUT2D eigenvalue weighted by molar-refractivity contribution is -0.0830. The van der Waals surface area contributed by atoms with Gasteiger partial charge in [-0.25, -0.2) is 0 Å². The Morgan fingerprint density at radius 2 is 2.19 bits per heavy atom. The summed E-state index contributed by atoms with van der Waals surface area (Å²) in [5.74, 6) is 0. The molecule has 0 saturated carbocycles. The summed E-state index contributed by atoms with van der Waals surface area (Å²) in [6, 6.07) is 7.95. The third kappa shape index (κ3) is 2.26. The Bertz CT molecular complexity index is 351. The second-order valence-electron chi connectivity index (χ2n) is 4.29. The van der Waals surface area contributed by atoms with Gasteiger partial charge in [-0.2, -0.15) is 0 Å². The number of ether oxygens (including phenoxy) is 2. The van der Waals surface area contributed by atoms with Crippen LogP contribution in [-0.4, -0.2) is 31.0 Å². The van der Waals surface area contributed by atoms with E-state index in [9.17, 15) is 5.11 Å². The maximum Gasteiger partial charge on any atom is 0.106 e. The van der Waals surface area contributed by atoms with Crippen LogP contribution in [0.25, 0.3) is 0 Å². The third-order valence-corrected chi connectivity index (χ3v) is 2.96. The molecule has 0 amide bonds. The van der Waals surface area contributed by atoms with Gasteiger partial charge in [0.1, 0.15) is 6.10 Å². The van der Waals surface area contributed by atoms with Gasteiger partial charge in [0.15, 0.2) is 0 Å². The van der Waals surface area contributed by atoms with Crippen LogP contribution in [0.5, 0.6) is 0 Å². The molecule has 0 aromatic heterocycles. The van der Waals surface area contributed by atoms with E-state index < -0.39 is 6.10 Å². The molecular formula is C13H18O3. The highest BCUT2D eigenvalue weighted by atomic mass is 16.5. The first-order chi connectivity index (χ1) is 7.72. The van der Waals surface area contributed by atoms with Gasteiger partial charge >= 0.3 is 0 Å². The number of aliphatic hydroxyl groups excluding tert-OH is 1. The molecule has 1 aromatic carbocycles. The first-order valence-corrected chi connectivity index (χ1v) is 5.62. The average Bonchev–Trinajstić information content (AvgIpc) is 2.57. The van der Waals surface area contributed by atoms with Crippen molar-refractivity contribution in [2.24, 2.45) is 0 Å². The van der Waals surface area contributed by atoms with Crippen LogP contribution in [0.3, 0.4) is 0 Å². The summed E-state index contributed by atoms with van der Waals surface area (Å²) in [6.45, 7) is 2.51. The summed E-state index contributed by atoms with van der Waals surface area (Å²) < 4.78 is 10.8. The van der Waals surface area contributed by atoms with Gasteiger partial charge in [-0.1, -0.05) is 24.3 Å². The Hall–Kier alpha value is -0.900. The lowest BCUT2D eigenvalue weighted by Gasteiger charge is -2.20. The van der Waals surface area contributed by atoms with Crippen molar-refractivity contribution in [2.45, 2.75) is 31.7 Å². The van der Waals surface area contributed by atoms with Crippen molar-refractivity contribution in [1.29, 1.82) is 0 Å². The summed E-state index contributed by atoms with van der Waals surface area (Å²) in [4.78, 5) is 0. The van der Waals surface area contributed by atoms with Gasteiger partial charge in [0.25, 0.3) is 0 Å². The van der Waals surface area contributed by atoms with E-state index in [1.807, 2.05) is 31.2 Å². The summed E-state index contributed by atoms with van der Waals surface area (Å²) in [6.07, 6.45) is 0.155. The van der Waals surface area contributed by atoms with Crippen molar-refractivity contribution >= 4 is 0 Å². The Morgan fingerprint density at radius 3 is 2.88 bits per heavy atom. The van der Waals surface area contributed by atoms with Crippen LogP contribution in [-0.2, 0) is 15.9 Å². The summed E-state index contributed by atoms with van der Waals surface area (Å²) in [7, 11) is 1.65. The van der Waals surface area contributed by atoms with Crippen LogP contribution in [0, 0.1) is 0 Å². The van der Waals surface area contributed by atoms with Gasteiger partial charge in [-0.05, 0) is 18.1 Å². The summed E-state index contributed by atoms with van der Waals surface area (Å²) in [5.41, 5.74) is 2.18. The first kappa shape index (κ1) is 11.6. The maximum atomic E-state index is 10.1. The van der Waals surface area contributed by atoms with Crippen molar-refractivity contribution in [3.63, 3.8) is 0 Å². The predicted octanol–water partition coefficient (Wildman–Crippen LogP) is 1.70. The van der Waals surface area contributed by atoms with Crippen molar-refractivity contribution in [2.75, 3.05) is 13.7 Å². The van der Waals surface area contributed by atoms with Crippen LogP contribution in [0.2, 0.25) is 0 Å². The van der Waals surface area contributed by atoms with E-state index in [2.05, 4.69) is 0 Å². The molecule has 3 atom stereocenters. The van der Waals surface area contributed by atoms with E-state index in [4.69, 9.17) is 9.47 Å². The smallest absolute Gasteiger partial charge is 0.106 e. The quantitative estimate of drug-likeness (QED) is 0.842. The lowest BCUT2D eigenvalue weighted by atomic mass is 10.1. The van der Waals surface area contributed by atoms with Crippen LogP contribution < -0.4 is 0 Å². The minimum atomic E-state index is -0.504. The molecule has 0 aliphatic heterocycles. The molecule has 1 aliphatic rings. The fourth-order valence-corrected chi connectivity index (χ4v) is 2.23. The zero-order valence-electron chi connectivity index (χ0n) is 9.72. The highest BCUT2D eigenvalue weighted by molar-refractivity contribution is 5.35. The van der Waals surface area contributed by atoms with Crippen molar-refractivity contribution in [3.05, 3.63) is 35.4 Å². The first-order valence-electron chi connectivity index (χ1n) is 5.62. The summed E-state index contributed by atoms with van der Waals surface area (Å²) in [5, 5.41) is 10.1. The molecule has 1 aromatic rings. The van der Waals surface area contributed by atoms with Gasteiger partial charge in [-0.15, -0.1) is 0 Å². The molecule has 88 valence electrons. The topological polar surface area (TPSA) is 38.7 Å². The van der Waals surface area contributed by atoms with Crippen molar-refractivity contribution < 1.29 is 14.6 Å². The second-order valence-corrected chi connectivity index (χ2v) is 4.29. The van der Waals surface area contributed by atoms with Gasteiger partial charge < -0.3 is 14.6 Å². The van der Waals surface area contributed by atoms with Crippen LogP contribution >= 0.6 is 0 Å². The number of hydrogen-bond donors (Lipinski definition) is 1. The van der Waals surface area contributed by atoms with E-state index in [0.717, 1.165) is 12.0 Å². The van der Waals surface area contributed by atoms with Gasteiger partial charge in [0, 0.05) is 13.5 Å². The monoisotopic (exact) mass is 222 g/mol. The van der Waals surface area contributed by atoms with Crippen molar-refractivity contribution in [3.8, 4) is 0 Å². The number of aliphatic hydroxyl groups is 1. The molecule has 1 N–H and O–H groups in total. The molecular weight excluding hydrogens is 204 g/mol. The minimum absolute atomic E-state index is 0.0129. The largest absolute Gasteiger partial charge is 0.386 e. The fourth-order valence-electron chi connectivity index (χ4n) is 2.23. The average molecular weight is 222 g/mol. The van der Waals surface area contributed by atoms with E-state index >= 15 is 0 Å². The highest BCUT2D eigenvalue weighted by Gasteiger charge is 2.32. The molecule has 0 saturated heterocycles. The number of methoxy groups -OCH3 is 1. The molecule has 0 fully saturated rings. The molecule has 2 rings (SSSR count). The molecule has 3 nitrogen and oxygen atoms in total. The Labute approximate surface area is 96.0 Å². The number of rotatable bonds is 4.